The second-order valence-electron chi connectivity index (χ2n) is 6.85. The number of nitrogens with one attached hydrogen (secondary N) is 1. The third-order valence-corrected chi connectivity index (χ3v) is 5.69. The van der Waals surface area contributed by atoms with Gasteiger partial charge < -0.3 is 19.9 Å². The summed E-state index contributed by atoms with van der Waals surface area (Å²) < 4.78 is 5.33. The number of nitrogens with zero attached hydrogens (tertiary/aromatic N) is 2. The Balaban J connectivity index is 1.66. The Hall–Kier alpha value is -2.05. The van der Waals surface area contributed by atoms with Gasteiger partial charge in [-0.1, -0.05) is 12.1 Å². The molecule has 26 heavy (non-hydrogen) atoms. The van der Waals surface area contributed by atoms with E-state index in [-0.39, 0.29) is 18.1 Å². The van der Waals surface area contributed by atoms with Crippen LogP contribution in [-0.2, 0) is 0 Å². The molecule has 0 spiro atoms. The monoisotopic (exact) mass is 373 g/mol. The van der Waals surface area contributed by atoms with Crippen LogP contribution in [0.5, 0.6) is 5.75 Å². The molecule has 1 aliphatic rings. The molecule has 1 saturated heterocycles. The van der Waals surface area contributed by atoms with Crippen molar-refractivity contribution in [3.05, 3.63) is 52.2 Å². The number of likely N-dealkylation sites (N-methyl/N-ethyl adjacent to an activating group) is 1. The minimum Gasteiger partial charge on any atom is -0.497 e. The number of amides is 2. The predicted molar refractivity (Wildman–Crippen MR) is 106 cm³/mol. The molecule has 5 nitrogen and oxygen atoms in total. The lowest BCUT2D eigenvalue weighted by molar-refractivity contribution is 0.187. The Morgan fingerprint density at radius 1 is 1.42 bits per heavy atom. The Labute approximate surface area is 159 Å². The first-order valence-corrected chi connectivity index (χ1v) is 9.91. The number of hydrogen-bond donors (Lipinski definition) is 1. The average molecular weight is 374 g/mol. The van der Waals surface area contributed by atoms with Crippen molar-refractivity contribution in [3.63, 3.8) is 0 Å². The standard InChI is InChI=1S/C20H27N3O2S/c1-22(2)19(15-6-4-7-17(12-15)25-3)13-21-20(24)23-10-5-8-18(23)16-9-11-26-14-16/h4,6-7,9,11-12,14,18-19H,5,8,10,13H2,1-3H3,(H,21,24). The Kier molecular flexibility index (Phi) is 6.16. The van der Waals surface area contributed by atoms with Gasteiger partial charge in [0.1, 0.15) is 5.75 Å². The van der Waals surface area contributed by atoms with Gasteiger partial charge in [-0.15, -0.1) is 0 Å². The second-order valence-corrected chi connectivity index (χ2v) is 7.63. The van der Waals surface area contributed by atoms with Crippen molar-refractivity contribution < 1.29 is 9.53 Å². The summed E-state index contributed by atoms with van der Waals surface area (Å²) in [5.41, 5.74) is 2.38. The number of likely N-dealkylation sites (tertiary alicyclic amines) is 1. The lowest BCUT2D eigenvalue weighted by Crippen LogP contribution is -2.42. The number of urea groups is 1. The first-order valence-electron chi connectivity index (χ1n) is 8.97. The number of hydrogen-bond acceptors (Lipinski definition) is 4. The zero-order chi connectivity index (χ0) is 18.5. The van der Waals surface area contributed by atoms with Crippen LogP contribution < -0.4 is 10.1 Å². The van der Waals surface area contributed by atoms with Crippen molar-refractivity contribution >= 4 is 17.4 Å². The molecule has 1 aromatic heterocycles. The molecular formula is C20H27N3O2S. The highest BCUT2D eigenvalue weighted by atomic mass is 32.1. The van der Waals surface area contributed by atoms with Crippen LogP contribution in [0.3, 0.4) is 0 Å². The summed E-state index contributed by atoms with van der Waals surface area (Å²) in [5.74, 6) is 0.831. The van der Waals surface area contributed by atoms with Crippen molar-refractivity contribution in [1.29, 1.82) is 0 Å². The molecule has 0 radical (unpaired) electrons. The third kappa shape index (κ3) is 4.19. The molecule has 0 saturated carbocycles. The first-order chi connectivity index (χ1) is 12.6. The maximum atomic E-state index is 12.8. The number of carbonyl (C=O) groups is 1. The van der Waals surface area contributed by atoms with Gasteiger partial charge in [0.25, 0.3) is 0 Å². The highest BCUT2D eigenvalue weighted by Crippen LogP contribution is 2.33. The third-order valence-electron chi connectivity index (χ3n) is 4.99. The zero-order valence-electron chi connectivity index (χ0n) is 15.6. The number of ether oxygens (including phenoxy) is 1. The van der Waals surface area contributed by atoms with Crippen LogP contribution in [-0.4, -0.2) is 50.1 Å². The van der Waals surface area contributed by atoms with Gasteiger partial charge in [0, 0.05) is 13.1 Å². The van der Waals surface area contributed by atoms with Crippen molar-refractivity contribution in [2.75, 3.05) is 34.3 Å². The molecule has 1 fully saturated rings. The normalized spacial score (nSPS) is 18.2. The van der Waals surface area contributed by atoms with E-state index in [2.05, 4.69) is 33.1 Å². The van der Waals surface area contributed by atoms with Crippen LogP contribution in [0.25, 0.3) is 0 Å². The summed E-state index contributed by atoms with van der Waals surface area (Å²) in [4.78, 5) is 16.9. The molecule has 1 aliphatic heterocycles. The molecule has 1 N–H and O–H groups in total. The second kappa shape index (κ2) is 8.56. The van der Waals surface area contributed by atoms with Crippen molar-refractivity contribution in [3.8, 4) is 5.75 Å². The van der Waals surface area contributed by atoms with E-state index < -0.39 is 0 Å². The lowest BCUT2D eigenvalue weighted by atomic mass is 10.1. The van der Waals surface area contributed by atoms with E-state index in [9.17, 15) is 4.79 Å². The van der Waals surface area contributed by atoms with Crippen LogP contribution in [0.15, 0.2) is 41.1 Å². The van der Waals surface area contributed by atoms with Crippen LogP contribution in [0.2, 0.25) is 0 Å². The SMILES string of the molecule is COc1cccc(C(CNC(=O)N2CCCC2c2ccsc2)N(C)C)c1. The largest absolute Gasteiger partial charge is 0.497 e. The first kappa shape index (κ1) is 18.7. The van der Waals surface area contributed by atoms with Gasteiger partial charge in [-0.05, 0) is 67.0 Å². The molecule has 2 heterocycles. The fourth-order valence-corrected chi connectivity index (χ4v) is 4.26. The van der Waals surface area contributed by atoms with E-state index in [1.165, 1.54) is 5.56 Å². The Morgan fingerprint density at radius 2 is 2.27 bits per heavy atom. The predicted octanol–water partition coefficient (Wildman–Crippen LogP) is 3.91. The van der Waals surface area contributed by atoms with E-state index in [1.54, 1.807) is 18.4 Å². The molecule has 2 unspecified atom stereocenters. The summed E-state index contributed by atoms with van der Waals surface area (Å²) >= 11 is 1.69. The van der Waals surface area contributed by atoms with Gasteiger partial charge >= 0.3 is 6.03 Å². The Bertz CT molecular complexity index is 718. The topological polar surface area (TPSA) is 44.8 Å². The summed E-state index contributed by atoms with van der Waals surface area (Å²) in [5, 5.41) is 7.37. The van der Waals surface area contributed by atoms with E-state index in [1.807, 2.05) is 37.2 Å². The van der Waals surface area contributed by atoms with E-state index in [0.717, 1.165) is 30.7 Å². The van der Waals surface area contributed by atoms with Gasteiger partial charge in [-0.2, -0.15) is 11.3 Å². The van der Waals surface area contributed by atoms with Crippen molar-refractivity contribution in [2.45, 2.75) is 24.9 Å². The number of benzene rings is 1. The highest BCUT2D eigenvalue weighted by molar-refractivity contribution is 7.07. The maximum Gasteiger partial charge on any atom is 0.317 e. The van der Waals surface area contributed by atoms with E-state index in [4.69, 9.17) is 4.74 Å². The lowest BCUT2D eigenvalue weighted by Gasteiger charge is -2.29. The van der Waals surface area contributed by atoms with Crippen LogP contribution in [0.4, 0.5) is 4.79 Å². The summed E-state index contributed by atoms with van der Waals surface area (Å²) in [6.45, 7) is 1.38. The molecule has 3 rings (SSSR count). The van der Waals surface area contributed by atoms with Gasteiger partial charge in [0.05, 0.1) is 19.2 Å². The molecule has 0 aliphatic carbocycles. The van der Waals surface area contributed by atoms with Crippen molar-refractivity contribution in [2.24, 2.45) is 0 Å². The molecule has 2 amide bonds. The van der Waals surface area contributed by atoms with Gasteiger partial charge in [0.2, 0.25) is 0 Å². The average Bonchev–Trinajstić information content (AvgIpc) is 3.32. The molecule has 0 bridgehead atoms. The molecule has 1 aromatic carbocycles. The highest BCUT2D eigenvalue weighted by Gasteiger charge is 2.30. The van der Waals surface area contributed by atoms with Gasteiger partial charge in [0.15, 0.2) is 0 Å². The number of methoxy groups -OCH3 is 1. The van der Waals surface area contributed by atoms with E-state index >= 15 is 0 Å². The summed E-state index contributed by atoms with van der Waals surface area (Å²) in [7, 11) is 5.73. The van der Waals surface area contributed by atoms with Gasteiger partial charge in [-0.25, -0.2) is 4.79 Å². The fraction of sp³-hybridized carbons (Fsp3) is 0.450. The number of rotatable bonds is 6. The minimum absolute atomic E-state index is 0.0217. The van der Waals surface area contributed by atoms with Crippen LogP contribution in [0, 0.1) is 0 Å². The summed E-state index contributed by atoms with van der Waals surface area (Å²) in [6, 6.07) is 10.5. The summed E-state index contributed by atoms with van der Waals surface area (Å²) in [6.07, 6.45) is 2.10. The number of thiophene rings is 1. The van der Waals surface area contributed by atoms with Gasteiger partial charge in [-0.3, -0.25) is 0 Å². The smallest absolute Gasteiger partial charge is 0.317 e. The van der Waals surface area contributed by atoms with Crippen LogP contribution in [0.1, 0.15) is 36.1 Å². The van der Waals surface area contributed by atoms with Crippen molar-refractivity contribution in [1.82, 2.24) is 15.1 Å². The fourth-order valence-electron chi connectivity index (χ4n) is 3.55. The quantitative estimate of drug-likeness (QED) is 0.835. The zero-order valence-corrected chi connectivity index (χ0v) is 16.5. The number of carbonyl (C=O) groups excluding carboxylic acids is 1. The molecule has 140 valence electrons. The maximum absolute atomic E-state index is 12.8. The minimum atomic E-state index is 0.0217. The van der Waals surface area contributed by atoms with E-state index in [0.29, 0.717) is 6.54 Å². The molecule has 2 atom stereocenters. The molecule has 6 heteroatoms. The van der Waals surface area contributed by atoms with Crippen LogP contribution >= 0.6 is 11.3 Å². The Morgan fingerprint density at radius 3 is 2.96 bits per heavy atom. The molecule has 2 aromatic rings. The molecular weight excluding hydrogens is 346 g/mol.